The van der Waals surface area contributed by atoms with Crippen molar-refractivity contribution in [3.8, 4) is 6.07 Å². The average molecular weight is 386 g/mol. The molecule has 0 fully saturated rings. The van der Waals surface area contributed by atoms with Crippen LogP contribution in [0.2, 0.25) is 0 Å². The molecule has 0 unspecified atom stereocenters. The SMILES string of the molecule is CN(C/C(O)=C(/C#N)c1nc2ccccc2[nH]1)Cc1nc2ccccc2c(=O)[nH]1. The van der Waals surface area contributed by atoms with E-state index in [1.807, 2.05) is 36.4 Å². The van der Waals surface area contributed by atoms with Gasteiger partial charge in [-0.05, 0) is 31.3 Å². The number of allylic oxidation sites excluding steroid dienone is 1. The van der Waals surface area contributed by atoms with E-state index in [0.717, 1.165) is 5.52 Å². The molecule has 29 heavy (non-hydrogen) atoms. The minimum Gasteiger partial charge on any atom is -0.509 e. The first-order valence-corrected chi connectivity index (χ1v) is 8.99. The number of aliphatic hydroxyl groups excluding tert-OH is 1. The molecule has 3 N–H and O–H groups in total. The topological polar surface area (TPSA) is 122 Å². The van der Waals surface area contributed by atoms with Crippen LogP contribution >= 0.6 is 0 Å². The van der Waals surface area contributed by atoms with E-state index in [0.29, 0.717) is 34.6 Å². The summed E-state index contributed by atoms with van der Waals surface area (Å²) in [5.41, 5.74) is 1.98. The zero-order chi connectivity index (χ0) is 20.4. The number of H-pyrrole nitrogens is 2. The van der Waals surface area contributed by atoms with E-state index in [1.165, 1.54) is 0 Å². The Hall–Kier alpha value is -3.96. The molecule has 0 amide bonds. The van der Waals surface area contributed by atoms with Crippen LogP contribution < -0.4 is 5.56 Å². The Bertz CT molecular complexity index is 1300. The predicted octanol–water partition coefficient (Wildman–Crippen LogP) is 2.72. The van der Waals surface area contributed by atoms with Crippen LogP contribution in [0.5, 0.6) is 0 Å². The quantitative estimate of drug-likeness (QED) is 0.358. The first kappa shape index (κ1) is 18.4. The number of nitrogens with one attached hydrogen (secondary N) is 2. The number of benzene rings is 2. The summed E-state index contributed by atoms with van der Waals surface area (Å²) in [6.45, 7) is 0.388. The van der Waals surface area contributed by atoms with Crippen LogP contribution in [0.1, 0.15) is 11.6 Å². The van der Waals surface area contributed by atoms with Gasteiger partial charge in [0.05, 0.1) is 35.0 Å². The van der Waals surface area contributed by atoms with Gasteiger partial charge in [0, 0.05) is 0 Å². The molecule has 4 rings (SSSR count). The van der Waals surface area contributed by atoms with Gasteiger partial charge in [0.2, 0.25) is 0 Å². The highest BCUT2D eigenvalue weighted by Crippen LogP contribution is 2.19. The number of imidazole rings is 1. The largest absolute Gasteiger partial charge is 0.509 e. The Balaban J connectivity index is 1.57. The van der Waals surface area contributed by atoms with E-state index in [2.05, 4.69) is 19.9 Å². The van der Waals surface area contributed by atoms with E-state index >= 15 is 0 Å². The fourth-order valence-electron chi connectivity index (χ4n) is 3.18. The third-order valence-electron chi connectivity index (χ3n) is 4.53. The molecule has 144 valence electrons. The van der Waals surface area contributed by atoms with Crippen LogP contribution in [0.4, 0.5) is 0 Å². The second kappa shape index (κ2) is 7.58. The summed E-state index contributed by atoms with van der Waals surface area (Å²) in [6.07, 6.45) is 0. The van der Waals surface area contributed by atoms with Crippen molar-refractivity contribution in [2.75, 3.05) is 13.6 Å². The normalized spacial score (nSPS) is 12.3. The molecule has 0 radical (unpaired) electrons. The minimum absolute atomic E-state index is 0.0769. The second-order valence-corrected chi connectivity index (χ2v) is 6.74. The van der Waals surface area contributed by atoms with Gasteiger partial charge in [0.15, 0.2) is 5.82 Å². The van der Waals surface area contributed by atoms with Crippen molar-refractivity contribution < 1.29 is 5.11 Å². The standard InChI is InChI=1S/C21H18N6O2/c1-27(12-19-23-15-7-3-2-6-13(15)21(29)26-19)11-18(28)14(10-22)20-24-16-8-4-5-9-17(16)25-20/h2-9,28H,11-12H2,1H3,(H,24,25)(H,23,26,29)/b18-14+. The molecule has 0 aliphatic heterocycles. The van der Waals surface area contributed by atoms with Gasteiger partial charge in [0.1, 0.15) is 23.2 Å². The number of nitriles is 1. The Morgan fingerprint density at radius 2 is 1.83 bits per heavy atom. The van der Waals surface area contributed by atoms with E-state index < -0.39 is 0 Å². The van der Waals surface area contributed by atoms with E-state index in [4.69, 9.17) is 0 Å². The molecule has 0 aliphatic carbocycles. The third kappa shape index (κ3) is 3.72. The fourth-order valence-corrected chi connectivity index (χ4v) is 3.18. The number of rotatable bonds is 5. The molecule has 8 nitrogen and oxygen atoms in total. The number of aromatic nitrogens is 4. The molecule has 0 atom stereocenters. The van der Waals surface area contributed by atoms with Crippen molar-refractivity contribution >= 4 is 27.5 Å². The van der Waals surface area contributed by atoms with Crippen molar-refractivity contribution in [3.05, 3.63) is 76.3 Å². The summed E-state index contributed by atoms with van der Waals surface area (Å²) in [7, 11) is 1.76. The van der Waals surface area contributed by atoms with Gasteiger partial charge in [-0.3, -0.25) is 9.69 Å². The first-order valence-electron chi connectivity index (χ1n) is 8.99. The Morgan fingerprint density at radius 3 is 2.59 bits per heavy atom. The highest BCUT2D eigenvalue weighted by Gasteiger charge is 2.15. The highest BCUT2D eigenvalue weighted by atomic mass is 16.3. The van der Waals surface area contributed by atoms with E-state index in [-0.39, 0.29) is 23.4 Å². The molecule has 0 saturated carbocycles. The van der Waals surface area contributed by atoms with Gasteiger partial charge < -0.3 is 15.1 Å². The average Bonchev–Trinajstić information content (AvgIpc) is 3.12. The number of fused-ring (bicyclic) bond motifs is 2. The maximum absolute atomic E-state index is 12.2. The van der Waals surface area contributed by atoms with Gasteiger partial charge in [-0.25, -0.2) is 9.97 Å². The third-order valence-corrected chi connectivity index (χ3v) is 4.53. The number of hydrogen-bond acceptors (Lipinski definition) is 6. The molecular formula is C21H18N6O2. The zero-order valence-electron chi connectivity index (χ0n) is 15.7. The van der Waals surface area contributed by atoms with Gasteiger partial charge in [-0.1, -0.05) is 24.3 Å². The predicted molar refractivity (Wildman–Crippen MR) is 110 cm³/mol. The van der Waals surface area contributed by atoms with Gasteiger partial charge >= 0.3 is 0 Å². The number of aliphatic hydroxyl groups is 1. The second-order valence-electron chi connectivity index (χ2n) is 6.74. The van der Waals surface area contributed by atoms with Crippen molar-refractivity contribution in [3.63, 3.8) is 0 Å². The highest BCUT2D eigenvalue weighted by molar-refractivity contribution is 5.82. The summed E-state index contributed by atoms with van der Waals surface area (Å²) in [6, 6.07) is 16.5. The van der Waals surface area contributed by atoms with Crippen LogP contribution in [0.15, 0.2) is 59.1 Å². The van der Waals surface area contributed by atoms with Crippen LogP contribution in [-0.2, 0) is 6.54 Å². The first-order chi connectivity index (χ1) is 14.0. The summed E-state index contributed by atoms with van der Waals surface area (Å²) < 4.78 is 0. The van der Waals surface area contributed by atoms with Gasteiger partial charge in [-0.2, -0.15) is 5.26 Å². The number of aromatic amines is 2. The van der Waals surface area contributed by atoms with Crippen molar-refractivity contribution in [2.45, 2.75) is 6.54 Å². The molecule has 0 saturated heterocycles. The minimum atomic E-state index is -0.209. The number of nitrogens with zero attached hydrogens (tertiary/aromatic N) is 4. The Labute approximate surface area is 165 Å². The lowest BCUT2D eigenvalue weighted by molar-refractivity contribution is 0.281. The summed E-state index contributed by atoms with van der Waals surface area (Å²) in [5, 5.41) is 20.6. The number of hydrogen-bond donors (Lipinski definition) is 3. The molecule has 0 spiro atoms. The van der Waals surface area contributed by atoms with Crippen LogP contribution in [0, 0.1) is 11.3 Å². The van der Waals surface area contributed by atoms with Crippen LogP contribution in [0.25, 0.3) is 27.5 Å². The zero-order valence-corrected chi connectivity index (χ0v) is 15.7. The maximum Gasteiger partial charge on any atom is 0.258 e. The monoisotopic (exact) mass is 386 g/mol. The lowest BCUT2D eigenvalue weighted by Crippen LogP contribution is -2.24. The smallest absolute Gasteiger partial charge is 0.258 e. The molecule has 0 aliphatic rings. The maximum atomic E-state index is 12.2. The summed E-state index contributed by atoms with van der Waals surface area (Å²) in [4.78, 5) is 28.6. The van der Waals surface area contributed by atoms with Crippen molar-refractivity contribution in [1.82, 2.24) is 24.8 Å². The van der Waals surface area contributed by atoms with E-state index in [9.17, 15) is 15.2 Å². The molecule has 8 heteroatoms. The summed E-state index contributed by atoms with van der Waals surface area (Å²) in [5.74, 6) is 0.681. The van der Waals surface area contributed by atoms with Crippen molar-refractivity contribution in [1.29, 1.82) is 5.26 Å². The molecule has 2 aromatic carbocycles. The molecule has 4 aromatic rings. The lowest BCUT2D eigenvalue weighted by Gasteiger charge is -2.16. The fraction of sp³-hybridized carbons (Fsp3) is 0.143. The van der Waals surface area contributed by atoms with Gasteiger partial charge in [0.25, 0.3) is 5.56 Å². The lowest BCUT2D eigenvalue weighted by atomic mass is 10.2. The Kier molecular flexibility index (Phi) is 4.81. The molecule has 2 heterocycles. The van der Waals surface area contributed by atoms with Crippen LogP contribution in [0.3, 0.4) is 0 Å². The molecule has 0 bridgehead atoms. The van der Waals surface area contributed by atoms with Gasteiger partial charge in [-0.15, -0.1) is 0 Å². The van der Waals surface area contributed by atoms with Crippen LogP contribution in [-0.4, -0.2) is 43.5 Å². The number of likely N-dealkylation sites (N-methyl/N-ethyl adjacent to an activating group) is 1. The number of para-hydroxylation sites is 3. The van der Waals surface area contributed by atoms with E-state index in [1.54, 1.807) is 30.1 Å². The summed E-state index contributed by atoms with van der Waals surface area (Å²) >= 11 is 0. The van der Waals surface area contributed by atoms with Crippen molar-refractivity contribution in [2.24, 2.45) is 0 Å². The molecular weight excluding hydrogens is 368 g/mol. The molecule has 2 aromatic heterocycles. The Morgan fingerprint density at radius 1 is 1.10 bits per heavy atom.